The van der Waals surface area contributed by atoms with Crippen molar-refractivity contribution in [1.82, 2.24) is 10.6 Å². The van der Waals surface area contributed by atoms with E-state index in [4.69, 9.17) is 4.74 Å². The summed E-state index contributed by atoms with van der Waals surface area (Å²) in [5, 5.41) is 15.7. The highest BCUT2D eigenvalue weighted by Gasteiger charge is 2.17. The minimum absolute atomic E-state index is 0.143. The lowest BCUT2D eigenvalue weighted by molar-refractivity contribution is -0.141. The Morgan fingerprint density at radius 2 is 2.04 bits per heavy atom. The van der Waals surface area contributed by atoms with E-state index in [0.29, 0.717) is 18.8 Å². The van der Waals surface area contributed by atoms with Crippen molar-refractivity contribution in [2.24, 2.45) is 5.92 Å². The molecular weight excluding hydrogens is 296 g/mol. The summed E-state index contributed by atoms with van der Waals surface area (Å²) in [6, 6.07) is -0.567. The fourth-order valence-electron chi connectivity index (χ4n) is 2.66. The molecule has 0 aliphatic carbocycles. The number of hydrogen-bond donors (Lipinski definition) is 3. The normalized spacial score (nSPS) is 17.5. The number of esters is 1. The van der Waals surface area contributed by atoms with Crippen LogP contribution in [0.15, 0.2) is 12.2 Å². The molecule has 0 aromatic rings. The van der Waals surface area contributed by atoms with Crippen molar-refractivity contribution in [2.45, 2.75) is 58.1 Å². The number of carboxylic acid groups (broad SMARTS) is 1. The third kappa shape index (κ3) is 9.36. The van der Waals surface area contributed by atoms with Crippen LogP contribution in [0.4, 0.5) is 0 Å². The number of piperidine rings is 1. The van der Waals surface area contributed by atoms with Crippen molar-refractivity contribution < 1.29 is 19.4 Å². The van der Waals surface area contributed by atoms with Gasteiger partial charge in [-0.3, -0.25) is 4.79 Å². The lowest BCUT2D eigenvalue weighted by Crippen LogP contribution is -2.38. The summed E-state index contributed by atoms with van der Waals surface area (Å²) in [6.07, 6.45) is 7.25. The SMILES string of the molecule is CC(C)OC(=O)/C=C/CC[C@H](NCCC1CCNCC1)C(=O)O. The quantitative estimate of drug-likeness (QED) is 0.418. The standard InChI is InChI=1S/C17H30N2O4/c1-13(2)23-16(20)6-4-3-5-15(17(21)22)19-12-9-14-7-10-18-11-8-14/h4,6,13-15,18-19H,3,5,7-12H2,1-2H3,(H,21,22)/b6-4+/t15-/m0/s1. The number of allylic oxidation sites excluding steroid dienone is 1. The Bertz CT molecular complexity index is 390. The van der Waals surface area contributed by atoms with Gasteiger partial charge in [-0.25, -0.2) is 4.79 Å². The van der Waals surface area contributed by atoms with Crippen molar-refractivity contribution in [3.63, 3.8) is 0 Å². The van der Waals surface area contributed by atoms with Gasteiger partial charge in [0.2, 0.25) is 0 Å². The van der Waals surface area contributed by atoms with Crippen LogP contribution >= 0.6 is 0 Å². The predicted molar refractivity (Wildman–Crippen MR) is 89.2 cm³/mol. The molecule has 0 bridgehead atoms. The first-order valence-electron chi connectivity index (χ1n) is 8.53. The van der Waals surface area contributed by atoms with Crippen molar-refractivity contribution in [2.75, 3.05) is 19.6 Å². The fourth-order valence-corrected chi connectivity index (χ4v) is 2.66. The molecule has 1 heterocycles. The highest BCUT2D eigenvalue weighted by molar-refractivity contribution is 5.82. The van der Waals surface area contributed by atoms with Crippen LogP contribution in [-0.4, -0.2) is 48.8 Å². The van der Waals surface area contributed by atoms with E-state index in [1.165, 1.54) is 18.9 Å². The number of carbonyl (C=O) groups excluding carboxylic acids is 1. The van der Waals surface area contributed by atoms with Gasteiger partial charge in [-0.05, 0) is 71.5 Å². The van der Waals surface area contributed by atoms with Crippen LogP contribution in [0.2, 0.25) is 0 Å². The van der Waals surface area contributed by atoms with Crippen LogP contribution in [0.25, 0.3) is 0 Å². The minimum Gasteiger partial charge on any atom is -0.480 e. The Labute approximate surface area is 138 Å². The van der Waals surface area contributed by atoms with E-state index in [1.54, 1.807) is 19.9 Å². The van der Waals surface area contributed by atoms with Gasteiger partial charge in [0.25, 0.3) is 0 Å². The Morgan fingerprint density at radius 3 is 2.65 bits per heavy atom. The smallest absolute Gasteiger partial charge is 0.330 e. The zero-order chi connectivity index (χ0) is 17.1. The molecule has 1 aliphatic heterocycles. The molecule has 0 aromatic carbocycles. The zero-order valence-corrected chi connectivity index (χ0v) is 14.2. The molecule has 0 spiro atoms. The third-order valence-electron chi connectivity index (χ3n) is 3.93. The van der Waals surface area contributed by atoms with Crippen LogP contribution in [0.3, 0.4) is 0 Å². The molecule has 1 rings (SSSR count). The van der Waals surface area contributed by atoms with E-state index in [0.717, 1.165) is 26.1 Å². The number of ether oxygens (including phenoxy) is 1. The zero-order valence-electron chi connectivity index (χ0n) is 14.2. The highest BCUT2D eigenvalue weighted by atomic mass is 16.5. The molecule has 3 N–H and O–H groups in total. The van der Waals surface area contributed by atoms with Gasteiger partial charge in [-0.2, -0.15) is 0 Å². The molecular formula is C17H30N2O4. The lowest BCUT2D eigenvalue weighted by atomic mass is 9.94. The number of carbonyl (C=O) groups is 2. The first kappa shape index (κ1) is 19.6. The first-order chi connectivity index (χ1) is 11.0. The summed E-state index contributed by atoms with van der Waals surface area (Å²) >= 11 is 0. The highest BCUT2D eigenvalue weighted by Crippen LogP contribution is 2.15. The topological polar surface area (TPSA) is 87.7 Å². The minimum atomic E-state index is -0.839. The van der Waals surface area contributed by atoms with Gasteiger partial charge in [0.1, 0.15) is 6.04 Å². The number of nitrogens with one attached hydrogen (secondary N) is 2. The maximum atomic E-state index is 11.3. The molecule has 1 fully saturated rings. The van der Waals surface area contributed by atoms with Gasteiger partial charge in [-0.1, -0.05) is 6.08 Å². The summed E-state index contributed by atoms with van der Waals surface area (Å²) in [7, 11) is 0. The second-order valence-electron chi connectivity index (χ2n) is 6.29. The summed E-state index contributed by atoms with van der Waals surface area (Å²) in [5.41, 5.74) is 0. The molecule has 0 aromatic heterocycles. The number of rotatable bonds is 10. The first-order valence-corrected chi connectivity index (χ1v) is 8.53. The van der Waals surface area contributed by atoms with Crippen molar-refractivity contribution in [3.8, 4) is 0 Å². The molecule has 0 radical (unpaired) electrons. The van der Waals surface area contributed by atoms with Crippen LogP contribution in [0.1, 0.15) is 46.0 Å². The molecule has 0 amide bonds. The van der Waals surface area contributed by atoms with Crippen molar-refractivity contribution >= 4 is 11.9 Å². The monoisotopic (exact) mass is 326 g/mol. The van der Waals surface area contributed by atoms with E-state index in [-0.39, 0.29) is 12.1 Å². The second kappa shape index (κ2) is 11.2. The predicted octanol–water partition coefficient (Wildman–Crippen LogP) is 1.71. The lowest BCUT2D eigenvalue weighted by Gasteiger charge is -2.23. The largest absolute Gasteiger partial charge is 0.480 e. The van der Waals surface area contributed by atoms with Gasteiger partial charge in [0, 0.05) is 6.08 Å². The second-order valence-corrected chi connectivity index (χ2v) is 6.29. The van der Waals surface area contributed by atoms with E-state index in [9.17, 15) is 14.7 Å². The molecule has 0 unspecified atom stereocenters. The molecule has 1 saturated heterocycles. The number of aliphatic carboxylic acids is 1. The molecule has 132 valence electrons. The van der Waals surface area contributed by atoms with E-state index >= 15 is 0 Å². The van der Waals surface area contributed by atoms with Gasteiger partial charge < -0.3 is 20.5 Å². The van der Waals surface area contributed by atoms with E-state index in [1.807, 2.05) is 0 Å². The Hall–Kier alpha value is -1.40. The Morgan fingerprint density at radius 1 is 1.35 bits per heavy atom. The van der Waals surface area contributed by atoms with Crippen molar-refractivity contribution in [3.05, 3.63) is 12.2 Å². The van der Waals surface area contributed by atoms with Crippen LogP contribution in [0, 0.1) is 5.92 Å². The molecule has 1 aliphatic rings. The van der Waals surface area contributed by atoms with Crippen molar-refractivity contribution in [1.29, 1.82) is 0 Å². The molecule has 0 saturated carbocycles. The maximum absolute atomic E-state index is 11.3. The van der Waals surface area contributed by atoms with Crippen LogP contribution in [-0.2, 0) is 14.3 Å². The average molecular weight is 326 g/mol. The van der Waals surface area contributed by atoms with Crippen LogP contribution in [0.5, 0.6) is 0 Å². The summed E-state index contributed by atoms with van der Waals surface area (Å²) in [6.45, 7) is 6.42. The summed E-state index contributed by atoms with van der Waals surface area (Å²) in [4.78, 5) is 22.6. The maximum Gasteiger partial charge on any atom is 0.330 e. The Kier molecular flexibility index (Phi) is 9.55. The van der Waals surface area contributed by atoms with Gasteiger partial charge in [0.15, 0.2) is 0 Å². The number of hydrogen-bond acceptors (Lipinski definition) is 5. The molecule has 1 atom stereocenters. The number of carboxylic acids is 1. The summed E-state index contributed by atoms with van der Waals surface area (Å²) < 4.78 is 4.97. The van der Waals surface area contributed by atoms with Crippen LogP contribution < -0.4 is 10.6 Å². The Balaban J connectivity index is 2.22. The third-order valence-corrected chi connectivity index (χ3v) is 3.93. The average Bonchev–Trinajstić information content (AvgIpc) is 2.49. The molecule has 6 heteroatoms. The van der Waals surface area contributed by atoms with Gasteiger partial charge in [0.05, 0.1) is 6.10 Å². The molecule has 23 heavy (non-hydrogen) atoms. The van der Waals surface area contributed by atoms with E-state index in [2.05, 4.69) is 10.6 Å². The fraction of sp³-hybridized carbons (Fsp3) is 0.765. The van der Waals surface area contributed by atoms with E-state index < -0.39 is 12.0 Å². The van der Waals surface area contributed by atoms with Gasteiger partial charge in [-0.15, -0.1) is 0 Å². The summed E-state index contributed by atoms with van der Waals surface area (Å²) in [5.74, 6) is -0.539. The molecule has 6 nitrogen and oxygen atoms in total. The van der Waals surface area contributed by atoms with Gasteiger partial charge >= 0.3 is 11.9 Å².